The number of hydrogen-bond donors (Lipinski definition) is 5. The van der Waals surface area contributed by atoms with Gasteiger partial charge in [-0.15, -0.1) is 0 Å². The number of amides is 3. The second-order valence-electron chi connectivity index (χ2n) is 8.39. The summed E-state index contributed by atoms with van der Waals surface area (Å²) in [4.78, 5) is 51.5. The van der Waals surface area contributed by atoms with E-state index in [9.17, 15) is 29.4 Å². The van der Waals surface area contributed by atoms with Crippen molar-refractivity contribution < 1.29 is 29.4 Å². The molecule has 6 N–H and O–H groups in total. The zero-order valence-electron chi connectivity index (χ0n) is 19.5. The van der Waals surface area contributed by atoms with Crippen molar-refractivity contribution in [2.45, 2.75) is 62.9 Å². The average molecular weight is 495 g/mol. The molecule has 1 heterocycles. The van der Waals surface area contributed by atoms with Gasteiger partial charge in [0.25, 0.3) is 0 Å². The van der Waals surface area contributed by atoms with Crippen molar-refractivity contribution in [1.29, 1.82) is 0 Å². The van der Waals surface area contributed by atoms with Crippen LogP contribution in [0, 0.1) is 0 Å². The summed E-state index contributed by atoms with van der Waals surface area (Å²) in [7, 11) is 0. The molecule has 0 radical (unpaired) electrons. The molecular formula is C23H34N4O6S. The summed E-state index contributed by atoms with van der Waals surface area (Å²) >= 11 is 1.55. The number of rotatable bonds is 12. The fraction of sp³-hybridized carbons (Fsp3) is 0.565. The molecule has 1 aliphatic rings. The maximum Gasteiger partial charge on any atom is 0.326 e. The van der Waals surface area contributed by atoms with Crippen LogP contribution in [-0.2, 0) is 25.6 Å². The molecule has 3 amide bonds. The van der Waals surface area contributed by atoms with Crippen molar-refractivity contribution >= 4 is 35.5 Å². The monoisotopic (exact) mass is 494 g/mol. The highest BCUT2D eigenvalue weighted by molar-refractivity contribution is 7.98. The number of nitrogens with two attached hydrogens (primary N) is 1. The van der Waals surface area contributed by atoms with E-state index in [-0.39, 0.29) is 13.0 Å². The normalized spacial score (nSPS) is 19.1. The molecule has 188 valence electrons. The van der Waals surface area contributed by atoms with Gasteiger partial charge in [0, 0.05) is 13.0 Å². The second-order valence-corrected chi connectivity index (χ2v) is 9.38. The van der Waals surface area contributed by atoms with Gasteiger partial charge in [0.05, 0.1) is 12.1 Å². The standard InChI is InChI=1S/C23H34N4O6S/c1-14(28)19(22(31)27-11-6-9-18(27)23(32)33)26-21(30)17(13-15-7-4-3-5-8-15)25-20(29)16(24)10-12-34-2/h3-5,7-8,14,16-19,28H,6,9-13,24H2,1-2H3,(H,25,29)(H,26,30)(H,32,33). The van der Waals surface area contributed by atoms with Crippen LogP contribution in [0.15, 0.2) is 30.3 Å². The summed E-state index contributed by atoms with van der Waals surface area (Å²) in [6.07, 6.45) is 2.04. The first-order valence-electron chi connectivity index (χ1n) is 11.3. The fourth-order valence-corrected chi connectivity index (χ4v) is 4.31. The van der Waals surface area contributed by atoms with Crippen molar-refractivity contribution in [2.75, 3.05) is 18.6 Å². The molecule has 1 fully saturated rings. The summed E-state index contributed by atoms with van der Waals surface area (Å²) in [6.45, 7) is 1.57. The van der Waals surface area contributed by atoms with Gasteiger partial charge in [-0.2, -0.15) is 11.8 Å². The Morgan fingerprint density at radius 1 is 1.18 bits per heavy atom. The van der Waals surface area contributed by atoms with Gasteiger partial charge in [0.15, 0.2) is 0 Å². The third kappa shape index (κ3) is 7.71. The van der Waals surface area contributed by atoms with Gasteiger partial charge in [-0.3, -0.25) is 14.4 Å². The minimum absolute atomic E-state index is 0.149. The van der Waals surface area contributed by atoms with E-state index in [1.165, 1.54) is 11.8 Å². The van der Waals surface area contributed by atoms with Gasteiger partial charge in [0.1, 0.15) is 18.1 Å². The topological polar surface area (TPSA) is 162 Å². The van der Waals surface area contributed by atoms with Gasteiger partial charge < -0.3 is 31.5 Å². The Hall–Kier alpha value is -2.63. The Balaban J connectivity index is 2.19. The van der Waals surface area contributed by atoms with Crippen LogP contribution in [0.2, 0.25) is 0 Å². The number of carboxylic acid groups (broad SMARTS) is 1. The lowest BCUT2D eigenvalue weighted by molar-refractivity contribution is -0.150. The number of thioether (sulfide) groups is 1. The number of aliphatic hydroxyl groups excluding tert-OH is 1. The van der Waals surface area contributed by atoms with E-state index >= 15 is 0 Å². The van der Waals surface area contributed by atoms with Gasteiger partial charge in [-0.05, 0) is 43.8 Å². The van der Waals surface area contributed by atoms with Gasteiger partial charge in [-0.1, -0.05) is 30.3 Å². The minimum atomic E-state index is -1.35. The molecule has 2 rings (SSSR count). The lowest BCUT2D eigenvalue weighted by atomic mass is 10.0. The van der Waals surface area contributed by atoms with Crippen molar-refractivity contribution in [3.63, 3.8) is 0 Å². The van der Waals surface area contributed by atoms with Gasteiger partial charge in [0.2, 0.25) is 17.7 Å². The SMILES string of the molecule is CSCCC(N)C(=O)NC(Cc1ccccc1)C(=O)NC(C(=O)N1CCCC1C(=O)O)C(C)O. The summed E-state index contributed by atoms with van der Waals surface area (Å²) in [5.41, 5.74) is 6.74. The van der Waals surface area contributed by atoms with Crippen LogP contribution >= 0.6 is 11.8 Å². The molecule has 0 aromatic heterocycles. The van der Waals surface area contributed by atoms with E-state index in [0.717, 1.165) is 5.56 Å². The quantitative estimate of drug-likeness (QED) is 0.265. The van der Waals surface area contributed by atoms with Crippen LogP contribution in [0.1, 0.15) is 31.7 Å². The number of aliphatic hydroxyl groups is 1. The van der Waals surface area contributed by atoms with E-state index in [1.807, 2.05) is 12.3 Å². The Bertz CT molecular complexity index is 853. The number of carboxylic acids is 1. The molecule has 0 spiro atoms. The molecular weight excluding hydrogens is 460 g/mol. The van der Waals surface area contributed by atoms with Crippen molar-refractivity contribution in [3.05, 3.63) is 35.9 Å². The predicted molar refractivity (Wildman–Crippen MR) is 129 cm³/mol. The fourth-order valence-electron chi connectivity index (χ4n) is 3.82. The molecule has 1 aliphatic heterocycles. The number of likely N-dealkylation sites (tertiary alicyclic amines) is 1. The number of aliphatic carboxylic acids is 1. The largest absolute Gasteiger partial charge is 0.480 e. The number of nitrogens with zero attached hydrogens (tertiary/aromatic N) is 1. The Morgan fingerprint density at radius 2 is 1.85 bits per heavy atom. The third-order valence-electron chi connectivity index (χ3n) is 5.75. The number of hydrogen-bond acceptors (Lipinski definition) is 7. The predicted octanol–water partition coefficient (Wildman–Crippen LogP) is -0.264. The average Bonchev–Trinajstić information content (AvgIpc) is 3.30. The number of nitrogens with one attached hydrogen (secondary N) is 2. The molecule has 0 saturated carbocycles. The van der Waals surface area contributed by atoms with Crippen molar-refractivity contribution in [3.8, 4) is 0 Å². The maximum atomic E-state index is 13.2. The molecule has 1 aromatic carbocycles. The maximum absolute atomic E-state index is 13.2. The van der Waals surface area contributed by atoms with Crippen molar-refractivity contribution in [2.24, 2.45) is 5.73 Å². The van der Waals surface area contributed by atoms with Crippen LogP contribution < -0.4 is 16.4 Å². The molecule has 0 bridgehead atoms. The van der Waals surface area contributed by atoms with Gasteiger partial charge >= 0.3 is 5.97 Å². The van der Waals surface area contributed by atoms with Crippen LogP contribution in [0.3, 0.4) is 0 Å². The highest BCUT2D eigenvalue weighted by Gasteiger charge is 2.40. The minimum Gasteiger partial charge on any atom is -0.480 e. The second kappa shape index (κ2) is 13.3. The zero-order chi connectivity index (χ0) is 25.3. The Morgan fingerprint density at radius 3 is 2.44 bits per heavy atom. The Kier molecular flexibility index (Phi) is 10.8. The molecule has 34 heavy (non-hydrogen) atoms. The van der Waals surface area contributed by atoms with Gasteiger partial charge in [-0.25, -0.2) is 4.79 Å². The summed E-state index contributed by atoms with van der Waals surface area (Å²) < 4.78 is 0. The van der Waals surface area contributed by atoms with E-state index in [1.54, 1.807) is 36.0 Å². The summed E-state index contributed by atoms with van der Waals surface area (Å²) in [5, 5.41) is 24.8. The first-order valence-corrected chi connectivity index (χ1v) is 12.7. The number of benzene rings is 1. The van der Waals surface area contributed by atoms with E-state index in [0.29, 0.717) is 25.0 Å². The van der Waals surface area contributed by atoms with Crippen molar-refractivity contribution in [1.82, 2.24) is 15.5 Å². The zero-order valence-corrected chi connectivity index (χ0v) is 20.3. The van der Waals surface area contributed by atoms with Crippen LogP contribution in [0.5, 0.6) is 0 Å². The van der Waals surface area contributed by atoms with E-state index in [4.69, 9.17) is 5.73 Å². The first kappa shape index (κ1) is 27.6. The van der Waals surface area contributed by atoms with Crippen LogP contribution in [-0.4, -0.2) is 87.6 Å². The highest BCUT2D eigenvalue weighted by atomic mass is 32.2. The molecule has 5 atom stereocenters. The summed E-state index contributed by atoms with van der Waals surface area (Å²) in [6, 6.07) is 4.85. The van der Waals surface area contributed by atoms with Crippen LogP contribution in [0.4, 0.5) is 0 Å². The summed E-state index contributed by atoms with van der Waals surface area (Å²) in [5.74, 6) is -2.27. The van der Waals surface area contributed by atoms with E-state index in [2.05, 4.69) is 10.6 Å². The molecule has 5 unspecified atom stereocenters. The molecule has 11 heteroatoms. The Labute approximate surface area is 203 Å². The van der Waals surface area contributed by atoms with E-state index < -0.39 is 54.0 Å². The molecule has 0 aliphatic carbocycles. The highest BCUT2D eigenvalue weighted by Crippen LogP contribution is 2.19. The van der Waals surface area contributed by atoms with Crippen LogP contribution in [0.25, 0.3) is 0 Å². The number of carbonyl (C=O) groups excluding carboxylic acids is 3. The molecule has 1 saturated heterocycles. The lowest BCUT2D eigenvalue weighted by Crippen LogP contribution is -2.60. The molecule has 1 aromatic rings. The first-order chi connectivity index (χ1) is 16.1. The third-order valence-corrected chi connectivity index (χ3v) is 6.40. The lowest BCUT2D eigenvalue weighted by Gasteiger charge is -2.30. The smallest absolute Gasteiger partial charge is 0.326 e. The molecule has 10 nitrogen and oxygen atoms in total. The number of carbonyl (C=O) groups is 4.